The van der Waals surface area contributed by atoms with Gasteiger partial charge in [-0.15, -0.1) is 0 Å². The number of nitrogens with zero attached hydrogens (tertiary/aromatic N) is 2. The van der Waals surface area contributed by atoms with Gasteiger partial charge in [-0.1, -0.05) is 18.2 Å². The van der Waals surface area contributed by atoms with E-state index in [-0.39, 0.29) is 18.0 Å². The van der Waals surface area contributed by atoms with Crippen LogP contribution in [-0.2, 0) is 30.2 Å². The van der Waals surface area contributed by atoms with Gasteiger partial charge in [0.1, 0.15) is 0 Å². The standard InChI is InChI=1S/C12H15N3O3S/c1-15-8-10(6-13-15)7-14-19(17,18)12-5-3-2-4-11(12)9-16/h2-6,8,14,16H,7,9H2,1H3. The van der Waals surface area contributed by atoms with Crippen LogP contribution in [0.1, 0.15) is 11.1 Å². The third-order valence-corrected chi connectivity index (χ3v) is 4.16. The molecule has 2 aromatic rings. The summed E-state index contributed by atoms with van der Waals surface area (Å²) in [4.78, 5) is 0.0985. The van der Waals surface area contributed by atoms with E-state index in [0.717, 1.165) is 5.56 Å². The summed E-state index contributed by atoms with van der Waals surface area (Å²) >= 11 is 0. The maximum absolute atomic E-state index is 12.1. The van der Waals surface area contributed by atoms with Crippen molar-refractivity contribution >= 4 is 10.0 Å². The molecule has 0 unspecified atom stereocenters. The molecule has 102 valence electrons. The molecule has 2 N–H and O–H groups in total. The van der Waals surface area contributed by atoms with Gasteiger partial charge in [-0.05, 0) is 11.6 Å². The average molecular weight is 281 g/mol. The van der Waals surface area contributed by atoms with E-state index in [2.05, 4.69) is 9.82 Å². The lowest BCUT2D eigenvalue weighted by Crippen LogP contribution is -2.24. The van der Waals surface area contributed by atoms with Gasteiger partial charge in [-0.2, -0.15) is 5.10 Å². The van der Waals surface area contributed by atoms with Gasteiger partial charge >= 0.3 is 0 Å². The summed E-state index contributed by atoms with van der Waals surface area (Å²) in [6.07, 6.45) is 3.33. The summed E-state index contributed by atoms with van der Waals surface area (Å²) in [5.74, 6) is 0. The second kappa shape index (κ2) is 5.52. The Kier molecular flexibility index (Phi) is 3.98. The van der Waals surface area contributed by atoms with Crippen LogP contribution >= 0.6 is 0 Å². The van der Waals surface area contributed by atoms with Crippen LogP contribution in [0.5, 0.6) is 0 Å². The van der Waals surface area contributed by atoms with Crippen LogP contribution in [0.3, 0.4) is 0 Å². The first-order chi connectivity index (χ1) is 9.03. The molecule has 0 aliphatic rings. The normalized spacial score (nSPS) is 11.7. The van der Waals surface area contributed by atoms with Crippen LogP contribution in [0.2, 0.25) is 0 Å². The zero-order valence-electron chi connectivity index (χ0n) is 10.4. The number of hydrogen-bond donors (Lipinski definition) is 2. The molecule has 0 bridgehead atoms. The topological polar surface area (TPSA) is 84.2 Å². The van der Waals surface area contributed by atoms with E-state index in [1.165, 1.54) is 6.07 Å². The fourth-order valence-electron chi connectivity index (χ4n) is 1.72. The molecule has 19 heavy (non-hydrogen) atoms. The Morgan fingerprint density at radius 1 is 1.37 bits per heavy atom. The molecule has 1 aromatic carbocycles. The minimum absolute atomic E-state index is 0.0985. The van der Waals surface area contributed by atoms with Crippen molar-refractivity contribution in [3.63, 3.8) is 0 Å². The number of hydrogen-bond acceptors (Lipinski definition) is 4. The van der Waals surface area contributed by atoms with Gasteiger partial charge in [0.2, 0.25) is 10.0 Å². The maximum atomic E-state index is 12.1. The third kappa shape index (κ3) is 3.19. The Hall–Kier alpha value is -1.70. The van der Waals surface area contributed by atoms with Crippen molar-refractivity contribution < 1.29 is 13.5 Å². The van der Waals surface area contributed by atoms with Crippen LogP contribution in [-0.4, -0.2) is 23.3 Å². The predicted molar refractivity (Wildman–Crippen MR) is 69.6 cm³/mol. The highest BCUT2D eigenvalue weighted by molar-refractivity contribution is 7.89. The summed E-state index contributed by atoms with van der Waals surface area (Å²) in [6.45, 7) is -0.153. The Labute approximate surface area is 111 Å². The second-order valence-corrected chi connectivity index (χ2v) is 5.85. The van der Waals surface area contributed by atoms with Crippen LogP contribution in [0.15, 0.2) is 41.6 Å². The van der Waals surface area contributed by atoms with E-state index in [1.54, 1.807) is 42.3 Å². The maximum Gasteiger partial charge on any atom is 0.241 e. The van der Waals surface area contributed by atoms with E-state index in [9.17, 15) is 8.42 Å². The fraction of sp³-hybridized carbons (Fsp3) is 0.250. The molecule has 1 heterocycles. The first kappa shape index (κ1) is 13.7. The summed E-state index contributed by atoms with van der Waals surface area (Å²) in [5.41, 5.74) is 1.15. The van der Waals surface area contributed by atoms with Crippen molar-refractivity contribution in [3.8, 4) is 0 Å². The van der Waals surface area contributed by atoms with Gasteiger partial charge < -0.3 is 5.11 Å². The van der Waals surface area contributed by atoms with Crippen molar-refractivity contribution in [2.45, 2.75) is 18.0 Å². The lowest BCUT2D eigenvalue weighted by atomic mass is 10.2. The van der Waals surface area contributed by atoms with Gasteiger partial charge in [0.15, 0.2) is 0 Å². The molecule has 1 aromatic heterocycles. The van der Waals surface area contributed by atoms with Crippen molar-refractivity contribution in [1.82, 2.24) is 14.5 Å². The monoisotopic (exact) mass is 281 g/mol. The Morgan fingerprint density at radius 3 is 2.74 bits per heavy atom. The van der Waals surface area contributed by atoms with Gasteiger partial charge in [-0.3, -0.25) is 4.68 Å². The smallest absolute Gasteiger partial charge is 0.241 e. The molecular weight excluding hydrogens is 266 g/mol. The number of aromatic nitrogens is 2. The quantitative estimate of drug-likeness (QED) is 0.830. The molecule has 0 saturated heterocycles. The summed E-state index contributed by atoms with van der Waals surface area (Å²) < 4.78 is 28.4. The highest BCUT2D eigenvalue weighted by Crippen LogP contribution is 2.15. The van der Waals surface area contributed by atoms with Crippen molar-refractivity contribution in [2.75, 3.05) is 0 Å². The van der Waals surface area contributed by atoms with E-state index >= 15 is 0 Å². The molecule has 6 nitrogen and oxygen atoms in total. The fourth-order valence-corrected chi connectivity index (χ4v) is 2.96. The number of sulfonamides is 1. The SMILES string of the molecule is Cn1cc(CNS(=O)(=O)c2ccccc2CO)cn1. The summed E-state index contributed by atoms with van der Waals surface area (Å²) in [6, 6.07) is 6.36. The summed E-state index contributed by atoms with van der Waals surface area (Å²) in [5, 5.41) is 13.1. The average Bonchev–Trinajstić information content (AvgIpc) is 2.82. The lowest BCUT2D eigenvalue weighted by Gasteiger charge is -2.09. The highest BCUT2D eigenvalue weighted by atomic mass is 32.2. The van der Waals surface area contributed by atoms with E-state index < -0.39 is 10.0 Å². The van der Waals surface area contributed by atoms with E-state index in [1.807, 2.05) is 0 Å². The lowest BCUT2D eigenvalue weighted by molar-refractivity contribution is 0.278. The van der Waals surface area contributed by atoms with Crippen LogP contribution in [0.25, 0.3) is 0 Å². The summed E-state index contributed by atoms with van der Waals surface area (Å²) in [7, 11) is -1.88. The predicted octanol–water partition coefficient (Wildman–Crippen LogP) is 0.391. The Bertz CT molecular complexity index is 664. The van der Waals surface area contributed by atoms with Crippen molar-refractivity contribution in [2.24, 2.45) is 7.05 Å². The zero-order valence-corrected chi connectivity index (χ0v) is 11.3. The first-order valence-corrected chi connectivity index (χ1v) is 7.17. The number of benzene rings is 1. The number of aryl methyl sites for hydroxylation is 1. The molecule has 0 radical (unpaired) electrons. The van der Waals surface area contributed by atoms with Gasteiger partial charge in [0.05, 0.1) is 17.7 Å². The Morgan fingerprint density at radius 2 is 2.11 bits per heavy atom. The molecule has 0 fully saturated rings. The molecule has 2 rings (SSSR count). The Balaban J connectivity index is 2.18. The molecule has 7 heteroatoms. The molecule has 0 aliphatic heterocycles. The molecule has 0 saturated carbocycles. The minimum atomic E-state index is -3.64. The number of aliphatic hydroxyl groups is 1. The minimum Gasteiger partial charge on any atom is -0.392 e. The molecule has 0 atom stereocenters. The van der Waals surface area contributed by atoms with Crippen LogP contribution in [0, 0.1) is 0 Å². The van der Waals surface area contributed by atoms with Crippen LogP contribution < -0.4 is 4.72 Å². The van der Waals surface area contributed by atoms with Crippen molar-refractivity contribution in [1.29, 1.82) is 0 Å². The highest BCUT2D eigenvalue weighted by Gasteiger charge is 2.17. The molecule has 0 amide bonds. The zero-order chi connectivity index (χ0) is 13.9. The van der Waals surface area contributed by atoms with E-state index in [4.69, 9.17) is 5.11 Å². The van der Waals surface area contributed by atoms with E-state index in [0.29, 0.717) is 5.56 Å². The second-order valence-electron chi connectivity index (χ2n) is 4.11. The number of aliphatic hydroxyl groups excluding tert-OH is 1. The van der Waals surface area contributed by atoms with Crippen LogP contribution in [0.4, 0.5) is 0 Å². The molecular formula is C12H15N3O3S. The molecule has 0 spiro atoms. The van der Waals surface area contributed by atoms with Gasteiger partial charge in [0.25, 0.3) is 0 Å². The van der Waals surface area contributed by atoms with Crippen molar-refractivity contribution in [3.05, 3.63) is 47.8 Å². The van der Waals surface area contributed by atoms with Gasteiger partial charge in [-0.25, -0.2) is 13.1 Å². The number of nitrogens with one attached hydrogen (secondary N) is 1. The largest absolute Gasteiger partial charge is 0.392 e. The molecule has 0 aliphatic carbocycles. The third-order valence-electron chi connectivity index (χ3n) is 2.66. The number of rotatable bonds is 5. The van der Waals surface area contributed by atoms with Gasteiger partial charge in [0, 0.05) is 25.4 Å². The first-order valence-electron chi connectivity index (χ1n) is 5.69.